The smallest absolute Gasteiger partial charge is 0.534 e. The minimum Gasteiger partial charge on any atom is -0.534 e. The Kier molecular flexibility index (Phi) is 4.56. The van der Waals surface area contributed by atoms with Crippen molar-refractivity contribution in [3.63, 3.8) is 0 Å². The number of anilines is 1. The number of aliphatic hydroxyl groups excluding tert-OH is 1. The molecule has 6 nitrogen and oxygen atoms in total. The van der Waals surface area contributed by atoms with Gasteiger partial charge in [-0.2, -0.15) is 0 Å². The first-order valence-corrected chi connectivity index (χ1v) is 10.7. The molecule has 2 aromatic rings. The van der Waals surface area contributed by atoms with Gasteiger partial charge >= 0.3 is 7.12 Å². The quantitative estimate of drug-likeness (QED) is 0.796. The number of fused-ring (bicyclic) bond motifs is 3. The second kappa shape index (κ2) is 7.03. The lowest BCUT2D eigenvalue weighted by Gasteiger charge is -2.31. The summed E-state index contributed by atoms with van der Waals surface area (Å²) in [6, 6.07) is 7.72. The first kappa shape index (κ1) is 19.5. The topological polar surface area (TPSA) is 63.9 Å². The predicted molar refractivity (Wildman–Crippen MR) is 116 cm³/mol. The summed E-state index contributed by atoms with van der Waals surface area (Å²) in [4.78, 5) is 15.2. The van der Waals surface area contributed by atoms with Crippen LogP contribution >= 0.6 is 0 Å². The number of amides is 1. The average Bonchev–Trinajstić information content (AvgIpc) is 3.25. The van der Waals surface area contributed by atoms with Gasteiger partial charge in [-0.25, -0.2) is 0 Å². The zero-order valence-electron chi connectivity index (χ0n) is 17.6. The van der Waals surface area contributed by atoms with Crippen LogP contribution in [0.1, 0.15) is 54.0 Å². The number of hydrogen-bond donors (Lipinski definition) is 1. The summed E-state index contributed by atoms with van der Waals surface area (Å²) in [5, 5.41) is 10.2. The van der Waals surface area contributed by atoms with Crippen molar-refractivity contribution in [2.75, 3.05) is 11.4 Å². The molecular formula is C23H27BN2O4. The molecule has 0 bridgehead atoms. The maximum atomic E-state index is 13.4. The maximum absolute atomic E-state index is 13.4. The summed E-state index contributed by atoms with van der Waals surface area (Å²) < 4.78 is 14.1. The second-order valence-electron chi connectivity index (χ2n) is 8.82. The van der Waals surface area contributed by atoms with E-state index in [1.807, 2.05) is 32.0 Å². The third kappa shape index (κ3) is 2.91. The van der Waals surface area contributed by atoms with E-state index in [0.717, 1.165) is 30.5 Å². The Hall–Kier alpha value is -2.51. The van der Waals surface area contributed by atoms with E-state index in [1.165, 1.54) is 24.1 Å². The number of aliphatic hydroxyl groups is 1. The second-order valence-corrected chi connectivity index (χ2v) is 8.82. The Bertz CT molecular complexity index is 1040. The first-order chi connectivity index (χ1) is 14.4. The highest BCUT2D eigenvalue weighted by Gasteiger charge is 2.44. The lowest BCUT2D eigenvalue weighted by Crippen LogP contribution is -2.43. The van der Waals surface area contributed by atoms with Gasteiger partial charge in [0.1, 0.15) is 11.3 Å². The summed E-state index contributed by atoms with van der Waals surface area (Å²) >= 11 is 0. The number of aryl methyl sites for hydroxylation is 1. The number of rotatable bonds is 3. The molecule has 0 unspecified atom stereocenters. The van der Waals surface area contributed by atoms with Gasteiger partial charge in [-0.1, -0.05) is 18.7 Å². The number of hydrogen-bond acceptors (Lipinski definition) is 4. The van der Waals surface area contributed by atoms with Gasteiger partial charge < -0.3 is 23.9 Å². The molecule has 0 radical (unpaired) electrons. The fourth-order valence-corrected chi connectivity index (χ4v) is 4.86. The van der Waals surface area contributed by atoms with Crippen LogP contribution in [-0.2, 0) is 35.3 Å². The van der Waals surface area contributed by atoms with Gasteiger partial charge in [-0.05, 0) is 57.2 Å². The summed E-state index contributed by atoms with van der Waals surface area (Å²) in [5.41, 5.74) is 4.90. The Morgan fingerprint density at radius 2 is 2.03 bits per heavy atom. The number of nitrogens with zero attached hydrogens (tertiary/aromatic N) is 2. The zero-order chi connectivity index (χ0) is 21.0. The molecule has 1 amide bonds. The van der Waals surface area contributed by atoms with Crippen LogP contribution in [0.5, 0.6) is 0 Å². The van der Waals surface area contributed by atoms with Crippen molar-refractivity contribution in [2.24, 2.45) is 0 Å². The van der Waals surface area contributed by atoms with Crippen molar-refractivity contribution in [1.82, 2.24) is 4.57 Å². The van der Waals surface area contributed by atoms with Gasteiger partial charge in [0.25, 0.3) is 5.91 Å². The molecule has 7 heteroatoms. The van der Waals surface area contributed by atoms with Crippen LogP contribution in [0, 0.1) is 0 Å². The van der Waals surface area contributed by atoms with Gasteiger partial charge in [0.2, 0.25) is 0 Å². The van der Waals surface area contributed by atoms with E-state index >= 15 is 0 Å². The standard InChI is InChI=1S/C23H27BN2O4/c1-15-23(2,3)30-24(29-15)18-8-6-10-20(17(18)14-27)26-12-11-25-19-9-5-4-7-16(19)13-21(25)22(26)28/h6,8,10,13,27H,1,4-5,7,9,11-12,14H2,2-3H3. The molecule has 0 atom stereocenters. The molecule has 3 heterocycles. The van der Waals surface area contributed by atoms with E-state index < -0.39 is 12.7 Å². The van der Waals surface area contributed by atoms with Crippen LogP contribution in [0.2, 0.25) is 0 Å². The monoisotopic (exact) mass is 406 g/mol. The molecule has 30 heavy (non-hydrogen) atoms. The van der Waals surface area contributed by atoms with Crippen molar-refractivity contribution in [3.05, 3.63) is 59.1 Å². The van der Waals surface area contributed by atoms with Crippen molar-refractivity contribution < 1.29 is 19.2 Å². The molecule has 0 spiro atoms. The van der Waals surface area contributed by atoms with Crippen molar-refractivity contribution in [3.8, 4) is 0 Å². The fourth-order valence-electron chi connectivity index (χ4n) is 4.86. The average molecular weight is 406 g/mol. The third-order valence-corrected chi connectivity index (χ3v) is 6.63. The van der Waals surface area contributed by atoms with Crippen LogP contribution in [0.3, 0.4) is 0 Å². The molecule has 1 N–H and O–H groups in total. The summed E-state index contributed by atoms with van der Waals surface area (Å²) in [7, 11) is -0.648. The van der Waals surface area contributed by atoms with Crippen LogP contribution in [0.25, 0.3) is 0 Å². The fraction of sp³-hybridized carbons (Fsp3) is 0.435. The van der Waals surface area contributed by atoms with Gasteiger partial charge in [0, 0.05) is 35.5 Å². The van der Waals surface area contributed by atoms with Crippen LogP contribution in [0.4, 0.5) is 5.69 Å². The van der Waals surface area contributed by atoms with Gasteiger partial charge in [0.05, 0.1) is 12.4 Å². The van der Waals surface area contributed by atoms with Crippen molar-refractivity contribution >= 4 is 24.2 Å². The van der Waals surface area contributed by atoms with Crippen LogP contribution in [-0.4, -0.2) is 34.8 Å². The molecule has 156 valence electrons. The normalized spacial score (nSPS) is 20.2. The molecule has 2 aliphatic heterocycles. The zero-order valence-corrected chi connectivity index (χ0v) is 17.6. The minimum absolute atomic E-state index is 0.0134. The van der Waals surface area contributed by atoms with E-state index in [2.05, 4.69) is 17.2 Å². The Balaban J connectivity index is 1.51. The largest absolute Gasteiger partial charge is 0.563 e. The highest BCUT2D eigenvalue weighted by atomic mass is 16.7. The number of carbonyl (C=O) groups excluding carboxylic acids is 1. The lowest BCUT2D eigenvalue weighted by atomic mass is 9.75. The first-order valence-electron chi connectivity index (χ1n) is 10.7. The van der Waals surface area contributed by atoms with Crippen LogP contribution in [0.15, 0.2) is 36.6 Å². The predicted octanol–water partition coefficient (Wildman–Crippen LogP) is 2.55. The summed E-state index contributed by atoms with van der Waals surface area (Å²) in [6.07, 6.45) is 4.48. The van der Waals surface area contributed by atoms with E-state index in [-0.39, 0.29) is 12.5 Å². The molecule has 1 aliphatic carbocycles. The minimum atomic E-state index is -0.648. The molecule has 1 aromatic carbocycles. The summed E-state index contributed by atoms with van der Waals surface area (Å²) in [6.45, 7) is 8.89. The van der Waals surface area contributed by atoms with Gasteiger partial charge in [-0.3, -0.25) is 4.79 Å². The Morgan fingerprint density at radius 3 is 2.77 bits per heavy atom. The highest BCUT2D eigenvalue weighted by molar-refractivity contribution is 6.63. The molecule has 1 aromatic heterocycles. The molecular weight excluding hydrogens is 379 g/mol. The third-order valence-electron chi connectivity index (χ3n) is 6.63. The van der Waals surface area contributed by atoms with Crippen molar-refractivity contribution in [2.45, 2.75) is 58.3 Å². The van der Waals surface area contributed by atoms with E-state index in [4.69, 9.17) is 9.31 Å². The van der Waals surface area contributed by atoms with Crippen molar-refractivity contribution in [1.29, 1.82) is 0 Å². The van der Waals surface area contributed by atoms with E-state index in [1.54, 1.807) is 4.90 Å². The number of carbonyl (C=O) groups is 1. The van der Waals surface area contributed by atoms with Gasteiger partial charge in [0.15, 0.2) is 0 Å². The molecule has 0 saturated carbocycles. The molecule has 1 fully saturated rings. The molecule has 3 aliphatic rings. The maximum Gasteiger partial charge on any atom is 0.563 e. The Labute approximate surface area is 177 Å². The molecule has 1 saturated heterocycles. The summed E-state index contributed by atoms with van der Waals surface area (Å²) in [5.74, 6) is 0.541. The number of benzene rings is 1. The lowest BCUT2D eigenvalue weighted by molar-refractivity contribution is 0.0964. The van der Waals surface area contributed by atoms with Crippen LogP contribution < -0.4 is 10.4 Å². The van der Waals surface area contributed by atoms with Gasteiger partial charge in [-0.15, -0.1) is 0 Å². The SMILES string of the molecule is C=C1OB(c2cccc(N3CCn4c(cc5c4CCCC5)C3=O)c2CO)OC1(C)C. The van der Waals surface area contributed by atoms with E-state index in [0.29, 0.717) is 23.6 Å². The van der Waals surface area contributed by atoms with E-state index in [9.17, 15) is 9.90 Å². The number of aromatic nitrogens is 1. The molecule has 5 rings (SSSR count). The highest BCUT2D eigenvalue weighted by Crippen LogP contribution is 2.33. The Morgan fingerprint density at radius 1 is 1.23 bits per heavy atom.